The molecule has 2 fully saturated rings. The number of thiazole rings is 1. The fourth-order valence-electron chi connectivity index (χ4n) is 3.24. The van der Waals surface area contributed by atoms with Crippen molar-refractivity contribution in [1.29, 1.82) is 0 Å². The van der Waals surface area contributed by atoms with Crippen LogP contribution in [0.2, 0.25) is 0 Å². The van der Waals surface area contributed by atoms with Gasteiger partial charge in [-0.25, -0.2) is 4.98 Å². The number of rotatable bonds is 4. The van der Waals surface area contributed by atoms with Crippen molar-refractivity contribution < 1.29 is 9.53 Å². The predicted molar refractivity (Wildman–Crippen MR) is 87.2 cm³/mol. The molecule has 6 heteroatoms. The molecule has 22 heavy (non-hydrogen) atoms. The SMILES string of the molecule is Cc1nc(CC(=O)N2CCCO[C@H](CN3CCCC3)C2)cs1. The Bertz CT molecular complexity index is 499. The highest BCUT2D eigenvalue weighted by atomic mass is 32.1. The van der Waals surface area contributed by atoms with Crippen LogP contribution in [0.4, 0.5) is 0 Å². The number of hydrogen-bond donors (Lipinski definition) is 0. The lowest BCUT2D eigenvalue weighted by molar-refractivity contribution is -0.131. The van der Waals surface area contributed by atoms with E-state index >= 15 is 0 Å². The Morgan fingerprint density at radius 1 is 1.36 bits per heavy atom. The molecule has 1 aromatic rings. The first-order chi connectivity index (χ1) is 10.7. The average Bonchev–Trinajstić information content (AvgIpc) is 3.07. The molecule has 1 amide bonds. The van der Waals surface area contributed by atoms with E-state index in [9.17, 15) is 4.79 Å². The second kappa shape index (κ2) is 7.53. The number of carbonyl (C=O) groups is 1. The van der Waals surface area contributed by atoms with E-state index in [0.717, 1.165) is 43.4 Å². The van der Waals surface area contributed by atoms with Gasteiger partial charge in [0.25, 0.3) is 0 Å². The first kappa shape index (κ1) is 15.9. The third kappa shape index (κ3) is 4.27. The molecule has 122 valence electrons. The third-order valence-corrected chi connectivity index (χ3v) is 5.18. The second-order valence-electron chi connectivity index (χ2n) is 6.23. The minimum atomic E-state index is 0.154. The summed E-state index contributed by atoms with van der Waals surface area (Å²) in [4.78, 5) is 21.4. The zero-order valence-corrected chi connectivity index (χ0v) is 14.1. The maximum atomic E-state index is 12.5. The quantitative estimate of drug-likeness (QED) is 0.846. The van der Waals surface area contributed by atoms with E-state index in [-0.39, 0.29) is 12.0 Å². The Labute approximate surface area is 136 Å². The standard InChI is InChI=1S/C16H25N3O2S/c1-13-17-14(12-22-13)9-16(20)19-7-4-8-21-15(11-19)10-18-5-2-3-6-18/h12,15H,2-11H2,1H3/t15-/m1/s1. The van der Waals surface area contributed by atoms with Gasteiger partial charge >= 0.3 is 0 Å². The summed E-state index contributed by atoms with van der Waals surface area (Å²) in [5.41, 5.74) is 0.897. The Morgan fingerprint density at radius 2 is 2.18 bits per heavy atom. The number of aromatic nitrogens is 1. The largest absolute Gasteiger partial charge is 0.375 e. The molecule has 3 heterocycles. The van der Waals surface area contributed by atoms with Gasteiger partial charge in [0.05, 0.1) is 23.2 Å². The summed E-state index contributed by atoms with van der Waals surface area (Å²) >= 11 is 1.61. The van der Waals surface area contributed by atoms with Crippen LogP contribution < -0.4 is 0 Å². The van der Waals surface area contributed by atoms with Crippen molar-refractivity contribution >= 4 is 17.2 Å². The molecule has 1 atom stereocenters. The molecule has 0 radical (unpaired) electrons. The molecule has 0 N–H and O–H groups in total. The van der Waals surface area contributed by atoms with Gasteiger partial charge in [-0.15, -0.1) is 11.3 Å². The molecule has 0 saturated carbocycles. The Balaban J connectivity index is 1.55. The first-order valence-corrected chi connectivity index (χ1v) is 9.11. The van der Waals surface area contributed by atoms with E-state index in [0.29, 0.717) is 6.42 Å². The lowest BCUT2D eigenvalue weighted by atomic mass is 10.2. The summed E-state index contributed by atoms with van der Waals surface area (Å²) in [5.74, 6) is 0.183. The van der Waals surface area contributed by atoms with Gasteiger partial charge in [0.15, 0.2) is 0 Å². The van der Waals surface area contributed by atoms with E-state index in [2.05, 4.69) is 9.88 Å². The minimum absolute atomic E-state index is 0.154. The van der Waals surface area contributed by atoms with Crippen LogP contribution in [0.1, 0.15) is 30.0 Å². The van der Waals surface area contributed by atoms with Crippen LogP contribution in [0.5, 0.6) is 0 Å². The van der Waals surface area contributed by atoms with Gasteiger partial charge in [-0.3, -0.25) is 4.79 Å². The Morgan fingerprint density at radius 3 is 2.91 bits per heavy atom. The van der Waals surface area contributed by atoms with Crippen molar-refractivity contribution in [2.75, 3.05) is 39.3 Å². The molecular formula is C16H25N3O2S. The summed E-state index contributed by atoms with van der Waals surface area (Å²) in [7, 11) is 0. The van der Waals surface area contributed by atoms with Gasteiger partial charge in [-0.2, -0.15) is 0 Å². The molecule has 3 rings (SSSR count). The van der Waals surface area contributed by atoms with Crippen LogP contribution in [0.15, 0.2) is 5.38 Å². The minimum Gasteiger partial charge on any atom is -0.375 e. The van der Waals surface area contributed by atoms with Crippen molar-refractivity contribution in [3.63, 3.8) is 0 Å². The number of carbonyl (C=O) groups excluding carboxylic acids is 1. The van der Waals surface area contributed by atoms with Crippen LogP contribution in [0, 0.1) is 6.92 Å². The predicted octanol–water partition coefficient (Wildman–Crippen LogP) is 1.71. The zero-order valence-electron chi connectivity index (χ0n) is 13.3. The molecule has 5 nitrogen and oxygen atoms in total. The van der Waals surface area contributed by atoms with Crippen molar-refractivity contribution in [2.24, 2.45) is 0 Å². The number of likely N-dealkylation sites (tertiary alicyclic amines) is 1. The molecular weight excluding hydrogens is 298 g/mol. The summed E-state index contributed by atoms with van der Waals surface area (Å²) in [6.45, 7) is 7.57. The van der Waals surface area contributed by atoms with Gasteiger partial charge < -0.3 is 14.5 Å². The highest BCUT2D eigenvalue weighted by Gasteiger charge is 2.25. The van der Waals surface area contributed by atoms with Crippen LogP contribution >= 0.6 is 11.3 Å². The van der Waals surface area contributed by atoms with Crippen molar-refractivity contribution in [3.8, 4) is 0 Å². The number of aryl methyl sites for hydroxylation is 1. The van der Waals surface area contributed by atoms with E-state index in [1.807, 2.05) is 17.2 Å². The molecule has 0 aromatic carbocycles. The highest BCUT2D eigenvalue weighted by molar-refractivity contribution is 7.09. The van der Waals surface area contributed by atoms with Crippen molar-refractivity contribution in [2.45, 2.75) is 38.7 Å². The number of nitrogens with zero attached hydrogens (tertiary/aromatic N) is 3. The summed E-state index contributed by atoms with van der Waals surface area (Å²) in [6.07, 6.45) is 4.08. The van der Waals surface area contributed by atoms with Crippen LogP contribution in [0.3, 0.4) is 0 Å². The lowest BCUT2D eigenvalue weighted by Crippen LogP contribution is -2.42. The number of hydrogen-bond acceptors (Lipinski definition) is 5. The molecule has 2 aliphatic rings. The average molecular weight is 323 g/mol. The van der Waals surface area contributed by atoms with E-state index < -0.39 is 0 Å². The van der Waals surface area contributed by atoms with Crippen molar-refractivity contribution in [3.05, 3.63) is 16.1 Å². The molecule has 0 spiro atoms. The fraction of sp³-hybridized carbons (Fsp3) is 0.750. The van der Waals surface area contributed by atoms with Gasteiger partial charge in [0, 0.05) is 31.6 Å². The molecule has 2 saturated heterocycles. The fourth-order valence-corrected chi connectivity index (χ4v) is 3.85. The molecule has 0 unspecified atom stereocenters. The number of ether oxygens (including phenoxy) is 1. The molecule has 0 bridgehead atoms. The molecule has 0 aliphatic carbocycles. The van der Waals surface area contributed by atoms with Crippen LogP contribution in [-0.2, 0) is 16.0 Å². The zero-order chi connectivity index (χ0) is 15.4. The normalized spacial score (nSPS) is 23.7. The van der Waals surface area contributed by atoms with Gasteiger partial charge in [0.2, 0.25) is 5.91 Å². The van der Waals surface area contributed by atoms with E-state index in [1.54, 1.807) is 11.3 Å². The van der Waals surface area contributed by atoms with Gasteiger partial charge in [-0.1, -0.05) is 0 Å². The summed E-state index contributed by atoms with van der Waals surface area (Å²) in [5, 5.41) is 3.01. The lowest BCUT2D eigenvalue weighted by Gasteiger charge is -2.27. The van der Waals surface area contributed by atoms with Gasteiger partial charge in [0.1, 0.15) is 0 Å². The summed E-state index contributed by atoms with van der Waals surface area (Å²) in [6, 6.07) is 0. The first-order valence-electron chi connectivity index (χ1n) is 8.23. The highest BCUT2D eigenvalue weighted by Crippen LogP contribution is 2.14. The third-order valence-electron chi connectivity index (χ3n) is 4.36. The molecule has 2 aliphatic heterocycles. The van der Waals surface area contributed by atoms with E-state index in [4.69, 9.17) is 4.74 Å². The van der Waals surface area contributed by atoms with Crippen molar-refractivity contribution in [1.82, 2.24) is 14.8 Å². The maximum Gasteiger partial charge on any atom is 0.228 e. The smallest absolute Gasteiger partial charge is 0.228 e. The molecule has 1 aromatic heterocycles. The monoisotopic (exact) mass is 323 g/mol. The Kier molecular flexibility index (Phi) is 5.44. The van der Waals surface area contributed by atoms with Crippen LogP contribution in [0.25, 0.3) is 0 Å². The number of amides is 1. The van der Waals surface area contributed by atoms with Gasteiger partial charge in [-0.05, 0) is 39.3 Å². The summed E-state index contributed by atoms with van der Waals surface area (Å²) < 4.78 is 5.95. The van der Waals surface area contributed by atoms with E-state index in [1.165, 1.54) is 25.9 Å². The Hall–Kier alpha value is -0.980. The maximum absolute atomic E-state index is 12.5. The topological polar surface area (TPSA) is 45.7 Å². The second-order valence-corrected chi connectivity index (χ2v) is 7.29. The van der Waals surface area contributed by atoms with Crippen LogP contribution in [-0.4, -0.2) is 66.1 Å².